The molecule has 0 radical (unpaired) electrons. The van der Waals surface area contributed by atoms with Gasteiger partial charge in [-0.05, 0) is 12.5 Å². The first kappa shape index (κ1) is 7.83. The van der Waals surface area contributed by atoms with Crippen molar-refractivity contribution in [2.45, 2.75) is 13.3 Å². The van der Waals surface area contributed by atoms with Crippen LogP contribution in [0.5, 0.6) is 0 Å². The highest BCUT2D eigenvalue weighted by molar-refractivity contribution is 6.41. The highest BCUT2D eigenvalue weighted by Gasteiger charge is 1.97. The lowest BCUT2D eigenvalue weighted by molar-refractivity contribution is 1.04. The normalized spacial score (nSPS) is 9.90. The van der Waals surface area contributed by atoms with Crippen LogP contribution in [-0.2, 0) is 6.42 Å². The molecule has 1 rings (SSSR count). The first-order valence-corrected chi connectivity index (χ1v) is 3.79. The third kappa shape index (κ3) is 1.61. The standard InChI is InChI=1S/C7H7Cl2N/c1-2-5-3-6(8)7(9)4-10-5/h3-4H,2H2,1H3. The number of hydrogen-bond donors (Lipinski definition) is 0. The van der Waals surface area contributed by atoms with Crippen molar-refractivity contribution < 1.29 is 0 Å². The van der Waals surface area contributed by atoms with E-state index in [-0.39, 0.29) is 0 Å². The lowest BCUT2D eigenvalue weighted by Gasteiger charge is -1.96. The molecule has 0 unspecified atom stereocenters. The second-order valence-electron chi connectivity index (χ2n) is 1.94. The Morgan fingerprint density at radius 1 is 1.40 bits per heavy atom. The fourth-order valence-electron chi connectivity index (χ4n) is 0.647. The number of rotatable bonds is 1. The highest BCUT2D eigenvalue weighted by atomic mass is 35.5. The highest BCUT2D eigenvalue weighted by Crippen LogP contribution is 2.20. The van der Waals surface area contributed by atoms with E-state index >= 15 is 0 Å². The molecule has 0 spiro atoms. The summed E-state index contributed by atoms with van der Waals surface area (Å²) in [6.07, 6.45) is 2.46. The van der Waals surface area contributed by atoms with Crippen molar-refractivity contribution in [1.82, 2.24) is 4.98 Å². The maximum atomic E-state index is 5.72. The molecule has 0 atom stereocenters. The van der Waals surface area contributed by atoms with Crippen LogP contribution in [-0.4, -0.2) is 4.98 Å². The predicted octanol–water partition coefficient (Wildman–Crippen LogP) is 2.95. The van der Waals surface area contributed by atoms with E-state index in [1.807, 2.05) is 6.92 Å². The predicted molar refractivity (Wildman–Crippen MR) is 43.6 cm³/mol. The molecule has 1 aromatic rings. The van der Waals surface area contributed by atoms with Crippen molar-refractivity contribution in [3.05, 3.63) is 28.0 Å². The van der Waals surface area contributed by atoms with Crippen LogP contribution in [0.2, 0.25) is 10.0 Å². The summed E-state index contributed by atoms with van der Waals surface area (Å²) in [6.45, 7) is 2.02. The summed E-state index contributed by atoms with van der Waals surface area (Å²) < 4.78 is 0. The SMILES string of the molecule is CCc1cc(Cl)c(Cl)cn1. The molecule has 1 nitrogen and oxygen atoms in total. The summed E-state index contributed by atoms with van der Waals surface area (Å²) in [4.78, 5) is 4.04. The summed E-state index contributed by atoms with van der Waals surface area (Å²) in [7, 11) is 0. The van der Waals surface area contributed by atoms with Gasteiger partial charge in [0.05, 0.1) is 10.0 Å². The van der Waals surface area contributed by atoms with Crippen molar-refractivity contribution in [3.8, 4) is 0 Å². The molecule has 0 aliphatic rings. The molecule has 1 heterocycles. The molecule has 0 aliphatic heterocycles. The van der Waals surface area contributed by atoms with Crippen LogP contribution in [0.1, 0.15) is 12.6 Å². The van der Waals surface area contributed by atoms with E-state index < -0.39 is 0 Å². The van der Waals surface area contributed by atoms with Gasteiger partial charge >= 0.3 is 0 Å². The summed E-state index contributed by atoms with van der Waals surface area (Å²) in [5.74, 6) is 0. The molecule has 0 saturated heterocycles. The maximum absolute atomic E-state index is 5.72. The van der Waals surface area contributed by atoms with Crippen molar-refractivity contribution in [2.75, 3.05) is 0 Å². The number of pyridine rings is 1. The first-order valence-electron chi connectivity index (χ1n) is 3.04. The average Bonchev–Trinajstić information content (AvgIpc) is 1.95. The van der Waals surface area contributed by atoms with Gasteiger partial charge in [0.2, 0.25) is 0 Å². The fourth-order valence-corrected chi connectivity index (χ4v) is 0.925. The molecule has 0 fully saturated rings. The Hall–Kier alpha value is -0.270. The van der Waals surface area contributed by atoms with Gasteiger partial charge in [0.15, 0.2) is 0 Å². The molecule has 0 saturated carbocycles. The Bertz CT molecular complexity index is 235. The summed E-state index contributed by atoms with van der Waals surface area (Å²) in [5, 5.41) is 1.09. The zero-order valence-corrected chi connectivity index (χ0v) is 7.08. The van der Waals surface area contributed by atoms with Gasteiger partial charge in [-0.25, -0.2) is 0 Å². The second-order valence-corrected chi connectivity index (χ2v) is 2.76. The van der Waals surface area contributed by atoms with E-state index in [1.54, 1.807) is 12.3 Å². The van der Waals surface area contributed by atoms with Crippen molar-refractivity contribution in [2.24, 2.45) is 0 Å². The van der Waals surface area contributed by atoms with Crippen molar-refractivity contribution >= 4 is 23.2 Å². The van der Waals surface area contributed by atoms with Gasteiger partial charge in [0, 0.05) is 11.9 Å². The Balaban J connectivity index is 3.04. The number of aryl methyl sites for hydroxylation is 1. The smallest absolute Gasteiger partial charge is 0.0775 e. The molecule has 0 aliphatic carbocycles. The maximum Gasteiger partial charge on any atom is 0.0775 e. The minimum Gasteiger partial charge on any atom is -0.260 e. The lowest BCUT2D eigenvalue weighted by Crippen LogP contribution is -1.84. The molecule has 0 bridgehead atoms. The fraction of sp³-hybridized carbons (Fsp3) is 0.286. The van der Waals surface area contributed by atoms with Crippen LogP contribution in [0.25, 0.3) is 0 Å². The lowest BCUT2D eigenvalue weighted by atomic mass is 10.3. The van der Waals surface area contributed by atoms with Gasteiger partial charge in [-0.3, -0.25) is 4.98 Å². The molecular weight excluding hydrogens is 169 g/mol. The van der Waals surface area contributed by atoms with Crippen molar-refractivity contribution in [1.29, 1.82) is 0 Å². The monoisotopic (exact) mass is 175 g/mol. The number of hydrogen-bond acceptors (Lipinski definition) is 1. The van der Waals surface area contributed by atoms with Crippen LogP contribution < -0.4 is 0 Å². The summed E-state index contributed by atoms with van der Waals surface area (Å²) in [5.41, 5.74) is 0.967. The van der Waals surface area contributed by atoms with Crippen LogP contribution in [0.3, 0.4) is 0 Å². The van der Waals surface area contributed by atoms with Crippen LogP contribution in [0, 0.1) is 0 Å². The van der Waals surface area contributed by atoms with Crippen LogP contribution in [0.15, 0.2) is 12.3 Å². The zero-order chi connectivity index (χ0) is 7.56. The van der Waals surface area contributed by atoms with Gasteiger partial charge in [0.25, 0.3) is 0 Å². The van der Waals surface area contributed by atoms with E-state index in [4.69, 9.17) is 23.2 Å². The molecule has 54 valence electrons. The number of halogens is 2. The molecule has 3 heteroatoms. The molecular formula is C7H7Cl2N. The molecule has 0 amide bonds. The number of nitrogens with zero attached hydrogens (tertiary/aromatic N) is 1. The third-order valence-electron chi connectivity index (χ3n) is 1.23. The van der Waals surface area contributed by atoms with E-state index in [1.165, 1.54) is 0 Å². The average molecular weight is 176 g/mol. The zero-order valence-electron chi connectivity index (χ0n) is 5.56. The van der Waals surface area contributed by atoms with E-state index in [0.717, 1.165) is 12.1 Å². The Labute approximate surface area is 70.0 Å². The molecule has 1 aromatic heterocycles. The minimum absolute atomic E-state index is 0.513. The minimum atomic E-state index is 0.513. The van der Waals surface area contributed by atoms with Crippen LogP contribution in [0.4, 0.5) is 0 Å². The summed E-state index contributed by atoms with van der Waals surface area (Å²) >= 11 is 11.4. The Kier molecular flexibility index (Phi) is 2.52. The van der Waals surface area contributed by atoms with Gasteiger partial charge in [0.1, 0.15) is 0 Å². The first-order chi connectivity index (χ1) is 4.74. The van der Waals surface area contributed by atoms with Gasteiger partial charge in [-0.1, -0.05) is 30.1 Å². The second kappa shape index (κ2) is 3.22. The van der Waals surface area contributed by atoms with Crippen LogP contribution >= 0.6 is 23.2 Å². The van der Waals surface area contributed by atoms with E-state index in [9.17, 15) is 0 Å². The summed E-state index contributed by atoms with van der Waals surface area (Å²) in [6, 6.07) is 1.78. The van der Waals surface area contributed by atoms with E-state index in [2.05, 4.69) is 4.98 Å². The Morgan fingerprint density at radius 2 is 2.10 bits per heavy atom. The topological polar surface area (TPSA) is 12.9 Å². The largest absolute Gasteiger partial charge is 0.260 e. The van der Waals surface area contributed by atoms with Gasteiger partial charge in [-0.15, -0.1) is 0 Å². The van der Waals surface area contributed by atoms with Crippen molar-refractivity contribution in [3.63, 3.8) is 0 Å². The molecule has 0 aromatic carbocycles. The van der Waals surface area contributed by atoms with Gasteiger partial charge in [-0.2, -0.15) is 0 Å². The third-order valence-corrected chi connectivity index (χ3v) is 1.94. The molecule has 10 heavy (non-hydrogen) atoms. The van der Waals surface area contributed by atoms with E-state index in [0.29, 0.717) is 10.0 Å². The Morgan fingerprint density at radius 3 is 2.60 bits per heavy atom. The van der Waals surface area contributed by atoms with Gasteiger partial charge < -0.3 is 0 Å². The quantitative estimate of drug-likeness (QED) is 0.640. The number of aromatic nitrogens is 1. The molecule has 0 N–H and O–H groups in total.